The third-order valence-corrected chi connectivity index (χ3v) is 8.47. The van der Waals surface area contributed by atoms with E-state index in [4.69, 9.17) is 0 Å². The van der Waals surface area contributed by atoms with E-state index in [2.05, 4.69) is 4.74 Å². The summed E-state index contributed by atoms with van der Waals surface area (Å²) in [7, 11) is -5.00. The lowest BCUT2D eigenvalue weighted by atomic mass is 10.0. The van der Waals surface area contributed by atoms with Crippen molar-refractivity contribution in [2.75, 3.05) is 32.8 Å². The quantitative estimate of drug-likeness (QED) is 0.286. The van der Waals surface area contributed by atoms with E-state index in [1.54, 1.807) is 0 Å². The largest absolute Gasteiger partial charge is 0.450 e. The molecule has 1 atom stereocenters. The first-order valence-electron chi connectivity index (χ1n) is 9.52. The summed E-state index contributed by atoms with van der Waals surface area (Å²) in [5, 5.41) is 1.30. The van der Waals surface area contributed by atoms with Crippen LogP contribution in [0.25, 0.3) is 0 Å². The highest BCUT2D eigenvalue weighted by molar-refractivity contribution is 7.60. The molecule has 0 radical (unpaired) electrons. The Hall–Kier alpha value is -1.14. The Morgan fingerprint density at radius 3 is 1.55 bits per heavy atom. The van der Waals surface area contributed by atoms with E-state index in [0.29, 0.717) is 0 Å². The van der Waals surface area contributed by atoms with Crippen LogP contribution in [0.5, 0.6) is 0 Å². The second kappa shape index (κ2) is 11.1. The maximum Gasteiger partial charge on any atom is 0.408 e. The molecular weight excluding hydrogens is 465 g/mol. The highest BCUT2D eigenvalue weighted by atomic mass is 31.2. The van der Waals surface area contributed by atoms with E-state index in [-0.39, 0.29) is 26.2 Å². The molecule has 186 valence electrons. The van der Waals surface area contributed by atoms with Gasteiger partial charge in [0.2, 0.25) is 7.44 Å². The molecule has 0 aliphatic rings. The molecule has 0 spiro atoms. The number of hydrogen-bond acceptors (Lipinski definition) is 3. The molecule has 15 heteroatoms. The Morgan fingerprint density at radius 1 is 0.871 bits per heavy atom. The lowest BCUT2D eigenvalue weighted by Gasteiger charge is -2.46. The van der Waals surface area contributed by atoms with Gasteiger partial charge in [0.15, 0.2) is 5.78 Å². The number of ether oxygens (including phenoxy) is 1. The molecule has 0 aromatic carbocycles. The molecule has 0 saturated carbocycles. The van der Waals surface area contributed by atoms with E-state index in [1.165, 1.54) is 39.9 Å². The fourth-order valence-electron chi connectivity index (χ4n) is 2.96. The number of carbonyl (C=O) groups excluding carboxylic acids is 1. The van der Waals surface area contributed by atoms with E-state index < -0.39 is 50.1 Å². The van der Waals surface area contributed by atoms with Crippen molar-refractivity contribution in [3.63, 3.8) is 0 Å². The Bertz CT molecular complexity index is 615. The Balaban J connectivity index is 7.04. The minimum absolute atomic E-state index is 0.266. The summed E-state index contributed by atoms with van der Waals surface area (Å²) in [5.41, 5.74) is 0. The minimum atomic E-state index is -6.67. The summed E-state index contributed by atoms with van der Waals surface area (Å²) in [5.74, 6) is -22.7. The normalized spacial score (nSPS) is 15.0. The van der Waals surface area contributed by atoms with E-state index >= 15 is 8.78 Å². The molecule has 0 fully saturated rings. The van der Waals surface area contributed by atoms with Crippen LogP contribution >= 0.6 is 7.44 Å². The summed E-state index contributed by atoms with van der Waals surface area (Å²) >= 11 is 0. The van der Waals surface area contributed by atoms with Crippen molar-refractivity contribution in [1.82, 2.24) is 14.7 Å². The predicted molar refractivity (Wildman–Crippen MR) is 98.2 cm³/mol. The SMILES string of the molecule is CCOC(=O)N[C@@H](C(F)(F)C(F)(F)C(F)(F)C(F)F)P(=O)(N(CC)CC)N(CC)CC. The van der Waals surface area contributed by atoms with Crippen LogP contribution in [0.2, 0.25) is 0 Å². The summed E-state index contributed by atoms with van der Waals surface area (Å²) < 4.78 is 131. The Morgan fingerprint density at radius 2 is 1.26 bits per heavy atom. The molecule has 0 aromatic rings. The van der Waals surface area contributed by atoms with Crippen molar-refractivity contribution >= 4 is 13.5 Å². The van der Waals surface area contributed by atoms with Gasteiger partial charge in [-0.1, -0.05) is 27.7 Å². The molecule has 0 aliphatic heterocycles. The number of rotatable bonds is 13. The molecule has 0 aliphatic carbocycles. The first-order valence-corrected chi connectivity index (χ1v) is 11.2. The maximum atomic E-state index is 15.0. The summed E-state index contributed by atoms with van der Waals surface area (Å²) in [6.45, 7) is 5.11. The molecule has 1 amide bonds. The average molecular weight is 493 g/mol. The highest BCUT2D eigenvalue weighted by Gasteiger charge is 2.80. The van der Waals surface area contributed by atoms with Gasteiger partial charge in [-0.2, -0.15) is 26.3 Å². The van der Waals surface area contributed by atoms with Gasteiger partial charge < -0.3 is 10.1 Å². The Kier molecular flexibility index (Phi) is 10.7. The van der Waals surface area contributed by atoms with Crippen molar-refractivity contribution in [1.29, 1.82) is 0 Å². The maximum absolute atomic E-state index is 15.0. The number of nitrogens with one attached hydrogen (secondary N) is 1. The van der Waals surface area contributed by atoms with Gasteiger partial charge in [-0.25, -0.2) is 22.9 Å². The number of alkyl halides is 8. The second-order valence-electron chi connectivity index (χ2n) is 6.26. The molecule has 0 heterocycles. The van der Waals surface area contributed by atoms with Crippen molar-refractivity contribution in [3.8, 4) is 0 Å². The molecule has 31 heavy (non-hydrogen) atoms. The zero-order valence-corrected chi connectivity index (χ0v) is 18.7. The van der Waals surface area contributed by atoms with Crippen LogP contribution in [0.3, 0.4) is 0 Å². The lowest BCUT2D eigenvalue weighted by Crippen LogP contribution is -2.66. The number of nitrogens with zero attached hydrogens (tertiary/aromatic N) is 2. The number of hydrogen-bond donors (Lipinski definition) is 1. The topological polar surface area (TPSA) is 61.9 Å². The molecule has 1 N–H and O–H groups in total. The average Bonchev–Trinajstić information content (AvgIpc) is 2.67. The van der Waals surface area contributed by atoms with Crippen LogP contribution in [0, 0.1) is 0 Å². The second-order valence-corrected chi connectivity index (χ2v) is 9.08. The smallest absolute Gasteiger partial charge is 0.408 e. The third kappa shape index (κ3) is 5.44. The fraction of sp³-hybridized carbons (Fsp3) is 0.938. The van der Waals surface area contributed by atoms with Gasteiger partial charge in [0.05, 0.1) is 6.61 Å². The standard InChI is InChI=1S/C16H28F8N3O3P/c1-6-26(7-2)31(29,27(8-3)9-4)12(25-13(28)30-10-5)15(21,22)16(23,24)14(19,20)11(17)18/h11-12H,6-10H2,1-5H3,(H,25,28)/t12-/m1/s1. The summed E-state index contributed by atoms with van der Waals surface area (Å²) in [4.78, 5) is 11.9. The molecule has 0 bridgehead atoms. The zero-order chi connectivity index (χ0) is 24.8. The lowest BCUT2D eigenvalue weighted by molar-refractivity contribution is -0.339. The van der Waals surface area contributed by atoms with Crippen LogP contribution < -0.4 is 5.32 Å². The summed E-state index contributed by atoms with van der Waals surface area (Å²) in [6, 6.07) is 0. The van der Waals surface area contributed by atoms with Gasteiger partial charge in [-0.3, -0.25) is 4.57 Å². The van der Waals surface area contributed by atoms with Gasteiger partial charge in [0, 0.05) is 26.2 Å². The molecule has 0 saturated heterocycles. The van der Waals surface area contributed by atoms with Gasteiger partial charge in [0.1, 0.15) is 0 Å². The van der Waals surface area contributed by atoms with Crippen molar-refractivity contribution < 1.29 is 49.2 Å². The summed E-state index contributed by atoms with van der Waals surface area (Å²) in [6.07, 6.45) is -6.90. The number of amides is 1. The zero-order valence-electron chi connectivity index (χ0n) is 17.8. The minimum Gasteiger partial charge on any atom is -0.450 e. The molecule has 6 nitrogen and oxygen atoms in total. The first-order chi connectivity index (χ1) is 14.1. The monoisotopic (exact) mass is 493 g/mol. The van der Waals surface area contributed by atoms with E-state index in [9.17, 15) is 35.7 Å². The molecule has 0 aromatic heterocycles. The number of halogens is 8. The van der Waals surface area contributed by atoms with Gasteiger partial charge in [-0.05, 0) is 6.92 Å². The van der Waals surface area contributed by atoms with Crippen molar-refractivity contribution in [2.24, 2.45) is 0 Å². The highest BCUT2D eigenvalue weighted by Crippen LogP contribution is 2.64. The van der Waals surface area contributed by atoms with Crippen LogP contribution in [0.4, 0.5) is 39.9 Å². The van der Waals surface area contributed by atoms with Crippen LogP contribution in [0.15, 0.2) is 0 Å². The molecular formula is C16H28F8N3O3P. The van der Waals surface area contributed by atoms with Crippen molar-refractivity contribution in [3.05, 3.63) is 0 Å². The fourth-order valence-corrected chi connectivity index (χ4v) is 6.45. The first kappa shape index (κ1) is 29.9. The Labute approximate surface area is 175 Å². The van der Waals surface area contributed by atoms with Gasteiger partial charge >= 0.3 is 30.3 Å². The van der Waals surface area contributed by atoms with Crippen molar-refractivity contribution in [2.45, 2.75) is 64.6 Å². The van der Waals surface area contributed by atoms with Gasteiger partial charge in [0.25, 0.3) is 0 Å². The molecule has 0 unspecified atom stereocenters. The number of alkyl carbamates (subject to hydrolysis) is 1. The van der Waals surface area contributed by atoms with Gasteiger partial charge in [-0.15, -0.1) is 0 Å². The third-order valence-electron chi connectivity index (χ3n) is 4.59. The van der Waals surface area contributed by atoms with E-state index in [0.717, 1.165) is 9.34 Å². The van der Waals surface area contributed by atoms with Crippen LogP contribution in [-0.2, 0) is 9.30 Å². The molecule has 0 rings (SSSR count). The van der Waals surface area contributed by atoms with E-state index in [1.807, 2.05) is 0 Å². The predicted octanol–water partition coefficient (Wildman–Crippen LogP) is 5.11. The number of carbonyl (C=O) groups is 1. The van der Waals surface area contributed by atoms with Crippen LogP contribution in [0.1, 0.15) is 34.6 Å². The van der Waals surface area contributed by atoms with Crippen LogP contribution in [-0.4, -0.2) is 78.2 Å².